The van der Waals surface area contributed by atoms with Crippen molar-refractivity contribution in [3.05, 3.63) is 58.6 Å². The van der Waals surface area contributed by atoms with E-state index < -0.39 is 15.9 Å². The quantitative estimate of drug-likeness (QED) is 0.798. The van der Waals surface area contributed by atoms with Crippen molar-refractivity contribution in [2.45, 2.75) is 37.2 Å². The van der Waals surface area contributed by atoms with Crippen molar-refractivity contribution in [2.75, 3.05) is 13.7 Å². The lowest BCUT2D eigenvalue weighted by atomic mass is 10.00. The van der Waals surface area contributed by atoms with Gasteiger partial charge in [0.25, 0.3) is 5.91 Å². The van der Waals surface area contributed by atoms with Crippen LogP contribution < -0.4 is 10.1 Å². The third-order valence-electron chi connectivity index (χ3n) is 4.85. The number of carbonyl (C=O) groups excluding carboxylic acids is 1. The topological polar surface area (TPSA) is 75.7 Å². The largest absolute Gasteiger partial charge is 0.493 e. The van der Waals surface area contributed by atoms with E-state index in [1.807, 2.05) is 24.3 Å². The molecule has 6 nitrogen and oxygen atoms in total. The first kappa shape index (κ1) is 20.6. The SMILES string of the molecule is CC(C)N(C)S(=O)(=O)c1ccc(Cl)c(C(=O)NC2CCOc3ccccc32)c1. The number of hydrogen-bond acceptors (Lipinski definition) is 4. The Morgan fingerprint density at radius 1 is 1.25 bits per heavy atom. The number of benzene rings is 2. The fourth-order valence-corrected chi connectivity index (χ4v) is 4.61. The Hall–Kier alpha value is -2.09. The van der Waals surface area contributed by atoms with E-state index in [1.165, 1.54) is 29.6 Å². The summed E-state index contributed by atoms with van der Waals surface area (Å²) in [6.07, 6.45) is 0.619. The monoisotopic (exact) mass is 422 g/mol. The van der Waals surface area contributed by atoms with Crippen LogP contribution in [-0.4, -0.2) is 38.3 Å². The molecule has 1 aliphatic heterocycles. The average molecular weight is 423 g/mol. The zero-order chi connectivity index (χ0) is 20.5. The van der Waals surface area contributed by atoms with Crippen LogP contribution in [-0.2, 0) is 10.0 Å². The van der Waals surface area contributed by atoms with E-state index in [1.54, 1.807) is 13.8 Å². The highest BCUT2D eigenvalue weighted by molar-refractivity contribution is 7.89. The first-order chi connectivity index (χ1) is 13.2. The number of amides is 1. The molecule has 1 unspecified atom stereocenters. The summed E-state index contributed by atoms with van der Waals surface area (Å²) in [4.78, 5) is 12.9. The molecule has 8 heteroatoms. The molecule has 150 valence electrons. The van der Waals surface area contributed by atoms with Crippen LogP contribution in [0.4, 0.5) is 0 Å². The molecule has 1 amide bonds. The molecule has 0 radical (unpaired) electrons. The molecule has 0 saturated carbocycles. The summed E-state index contributed by atoms with van der Waals surface area (Å²) in [5.74, 6) is 0.316. The maximum atomic E-state index is 12.9. The van der Waals surface area contributed by atoms with Crippen LogP contribution in [0.5, 0.6) is 5.75 Å². The lowest BCUT2D eigenvalue weighted by molar-refractivity contribution is 0.0924. The maximum Gasteiger partial charge on any atom is 0.253 e. The fraction of sp³-hybridized carbons (Fsp3) is 0.350. The zero-order valence-electron chi connectivity index (χ0n) is 16.0. The molecule has 0 saturated heterocycles. The zero-order valence-corrected chi connectivity index (χ0v) is 17.5. The summed E-state index contributed by atoms with van der Waals surface area (Å²) in [6, 6.07) is 11.3. The molecule has 1 N–H and O–H groups in total. The molecule has 0 bridgehead atoms. The second-order valence-electron chi connectivity index (χ2n) is 6.96. The van der Waals surface area contributed by atoms with E-state index in [2.05, 4.69) is 5.32 Å². The van der Waals surface area contributed by atoms with Crippen LogP contribution in [0, 0.1) is 0 Å². The number of carbonyl (C=O) groups is 1. The maximum absolute atomic E-state index is 12.9. The summed E-state index contributed by atoms with van der Waals surface area (Å²) >= 11 is 6.21. The number of halogens is 1. The Bertz CT molecular complexity index is 991. The summed E-state index contributed by atoms with van der Waals surface area (Å²) in [7, 11) is -2.21. The van der Waals surface area contributed by atoms with Crippen molar-refractivity contribution < 1.29 is 17.9 Å². The lowest BCUT2D eigenvalue weighted by Crippen LogP contribution is -2.34. The number of ether oxygens (including phenoxy) is 1. The van der Waals surface area contributed by atoms with E-state index in [-0.39, 0.29) is 27.6 Å². The van der Waals surface area contributed by atoms with Gasteiger partial charge in [0.1, 0.15) is 5.75 Å². The Morgan fingerprint density at radius 2 is 1.96 bits per heavy atom. The minimum absolute atomic E-state index is 0.0330. The van der Waals surface area contributed by atoms with Gasteiger partial charge in [-0.1, -0.05) is 29.8 Å². The van der Waals surface area contributed by atoms with Crippen molar-refractivity contribution in [2.24, 2.45) is 0 Å². The van der Waals surface area contributed by atoms with Gasteiger partial charge in [-0.15, -0.1) is 0 Å². The van der Waals surface area contributed by atoms with Gasteiger partial charge in [0.15, 0.2) is 0 Å². The second-order valence-corrected chi connectivity index (χ2v) is 9.36. The summed E-state index contributed by atoms with van der Waals surface area (Å²) in [5, 5.41) is 3.15. The predicted octanol–water partition coefficient (Wildman–Crippen LogP) is 3.62. The van der Waals surface area contributed by atoms with Crippen LogP contribution >= 0.6 is 11.6 Å². The third-order valence-corrected chi connectivity index (χ3v) is 7.21. The van der Waals surface area contributed by atoms with E-state index in [0.717, 1.165) is 11.3 Å². The van der Waals surface area contributed by atoms with E-state index in [0.29, 0.717) is 13.0 Å². The Kier molecular flexibility index (Phi) is 5.98. The Labute approximate surface area is 170 Å². The van der Waals surface area contributed by atoms with Crippen LogP contribution in [0.3, 0.4) is 0 Å². The molecule has 0 aromatic heterocycles. The highest BCUT2D eigenvalue weighted by Gasteiger charge is 2.27. The number of hydrogen-bond donors (Lipinski definition) is 1. The van der Waals surface area contributed by atoms with Gasteiger partial charge in [-0.2, -0.15) is 4.31 Å². The van der Waals surface area contributed by atoms with E-state index in [4.69, 9.17) is 16.3 Å². The van der Waals surface area contributed by atoms with Crippen molar-refractivity contribution in [3.8, 4) is 5.75 Å². The molecule has 1 atom stereocenters. The summed E-state index contributed by atoms with van der Waals surface area (Å²) < 4.78 is 32.4. The van der Waals surface area contributed by atoms with Crippen molar-refractivity contribution >= 4 is 27.5 Å². The van der Waals surface area contributed by atoms with Crippen LogP contribution in [0.2, 0.25) is 5.02 Å². The molecule has 3 rings (SSSR count). The molecule has 28 heavy (non-hydrogen) atoms. The molecular weight excluding hydrogens is 400 g/mol. The number of sulfonamides is 1. The minimum atomic E-state index is -3.72. The van der Waals surface area contributed by atoms with E-state index >= 15 is 0 Å². The number of para-hydroxylation sites is 1. The van der Waals surface area contributed by atoms with Gasteiger partial charge >= 0.3 is 0 Å². The van der Waals surface area contributed by atoms with Gasteiger partial charge in [-0.3, -0.25) is 4.79 Å². The Morgan fingerprint density at radius 3 is 2.68 bits per heavy atom. The normalized spacial score (nSPS) is 16.6. The number of rotatable bonds is 5. The average Bonchev–Trinajstić information content (AvgIpc) is 2.67. The smallest absolute Gasteiger partial charge is 0.253 e. The molecular formula is C20H23ClN2O4S. The van der Waals surface area contributed by atoms with Crippen LogP contribution in [0.25, 0.3) is 0 Å². The molecule has 0 spiro atoms. The Balaban J connectivity index is 1.89. The molecule has 2 aromatic carbocycles. The summed E-state index contributed by atoms with van der Waals surface area (Å²) in [6.45, 7) is 4.05. The van der Waals surface area contributed by atoms with Gasteiger partial charge in [-0.25, -0.2) is 8.42 Å². The van der Waals surface area contributed by atoms with Gasteiger partial charge in [0.2, 0.25) is 10.0 Å². The lowest BCUT2D eigenvalue weighted by Gasteiger charge is -2.27. The predicted molar refractivity (Wildman–Crippen MR) is 108 cm³/mol. The van der Waals surface area contributed by atoms with Gasteiger partial charge in [0, 0.05) is 25.1 Å². The second kappa shape index (κ2) is 8.11. The van der Waals surface area contributed by atoms with Gasteiger partial charge in [-0.05, 0) is 38.1 Å². The standard InChI is InChI=1S/C20H23ClN2O4S/c1-13(2)23(3)28(25,26)14-8-9-17(21)16(12-14)20(24)22-18-10-11-27-19-7-5-4-6-15(18)19/h4-9,12-13,18H,10-11H2,1-3H3,(H,22,24). The van der Waals surface area contributed by atoms with Gasteiger partial charge in [0.05, 0.1) is 28.1 Å². The highest BCUT2D eigenvalue weighted by Crippen LogP contribution is 2.32. The first-order valence-electron chi connectivity index (χ1n) is 9.02. The fourth-order valence-electron chi connectivity index (χ4n) is 3.01. The van der Waals surface area contributed by atoms with Crippen LogP contribution in [0.15, 0.2) is 47.4 Å². The number of nitrogens with one attached hydrogen (secondary N) is 1. The van der Waals surface area contributed by atoms with E-state index in [9.17, 15) is 13.2 Å². The molecule has 1 aliphatic rings. The van der Waals surface area contributed by atoms with Crippen LogP contribution in [0.1, 0.15) is 42.2 Å². The van der Waals surface area contributed by atoms with Gasteiger partial charge < -0.3 is 10.1 Å². The molecule has 0 aliphatic carbocycles. The highest BCUT2D eigenvalue weighted by atomic mass is 35.5. The molecule has 0 fully saturated rings. The van der Waals surface area contributed by atoms with Crippen molar-refractivity contribution in [1.29, 1.82) is 0 Å². The minimum Gasteiger partial charge on any atom is -0.493 e. The number of fused-ring (bicyclic) bond motifs is 1. The van der Waals surface area contributed by atoms with Crippen molar-refractivity contribution in [3.63, 3.8) is 0 Å². The summed E-state index contributed by atoms with van der Waals surface area (Å²) in [5.41, 5.74) is 1.02. The van der Waals surface area contributed by atoms with Crippen molar-refractivity contribution in [1.82, 2.24) is 9.62 Å². The first-order valence-corrected chi connectivity index (χ1v) is 10.8. The molecule has 1 heterocycles. The molecule has 2 aromatic rings. The third kappa shape index (κ3) is 4.01. The number of nitrogens with zero attached hydrogens (tertiary/aromatic N) is 1.